The molecule has 2 aromatic carbocycles. The van der Waals surface area contributed by atoms with Gasteiger partial charge < -0.3 is 19.7 Å². The number of hydrogen-bond donors (Lipinski definition) is 1. The number of alkyl halides is 3. The number of carbonyl (C=O) groups excluding carboxylic acids is 1. The molecular weight excluding hydrogens is 459 g/mol. The number of rotatable bonds is 7. The summed E-state index contributed by atoms with van der Waals surface area (Å²) in [6.07, 6.45) is -2.24. The van der Waals surface area contributed by atoms with Crippen molar-refractivity contribution in [2.24, 2.45) is 0 Å². The van der Waals surface area contributed by atoms with Crippen molar-refractivity contribution < 1.29 is 27.4 Å². The summed E-state index contributed by atoms with van der Waals surface area (Å²) in [5.41, 5.74) is 0.713. The van der Waals surface area contributed by atoms with Crippen LogP contribution in [0.1, 0.15) is 34.3 Å². The molecule has 0 bridgehead atoms. The molecule has 0 radical (unpaired) electrons. The summed E-state index contributed by atoms with van der Waals surface area (Å²) in [6.45, 7) is 1.55. The van der Waals surface area contributed by atoms with Crippen molar-refractivity contribution >= 4 is 11.7 Å². The third kappa shape index (κ3) is 6.23. The SMILES string of the molecule is COc1cc(C(=O)NC2CCN(c3ccc(C(F)(F)F)cn3)CC2)ccc1OCc1ccccc1. The Kier molecular flexibility index (Phi) is 7.43. The van der Waals surface area contributed by atoms with E-state index in [1.807, 2.05) is 35.2 Å². The molecule has 1 amide bonds. The fourth-order valence-electron chi connectivity index (χ4n) is 3.93. The molecule has 1 aliphatic rings. The van der Waals surface area contributed by atoms with E-state index in [4.69, 9.17) is 9.47 Å². The Labute approximate surface area is 201 Å². The Morgan fingerprint density at radius 1 is 1.06 bits per heavy atom. The largest absolute Gasteiger partial charge is 0.493 e. The van der Waals surface area contributed by atoms with Gasteiger partial charge in [0, 0.05) is 30.9 Å². The van der Waals surface area contributed by atoms with Crippen LogP contribution in [0.25, 0.3) is 0 Å². The Morgan fingerprint density at radius 2 is 1.80 bits per heavy atom. The summed E-state index contributed by atoms with van der Waals surface area (Å²) >= 11 is 0. The molecule has 1 aliphatic heterocycles. The van der Waals surface area contributed by atoms with E-state index in [2.05, 4.69) is 10.3 Å². The van der Waals surface area contributed by atoms with Gasteiger partial charge in [-0.25, -0.2) is 4.98 Å². The van der Waals surface area contributed by atoms with E-state index in [1.54, 1.807) is 18.2 Å². The van der Waals surface area contributed by atoms with Crippen molar-refractivity contribution in [2.45, 2.75) is 31.7 Å². The molecule has 0 saturated carbocycles. The standard InChI is InChI=1S/C26H26F3N3O3/c1-34-23-15-19(7-9-22(23)35-17-18-5-3-2-4-6-18)25(33)31-21-11-13-32(14-12-21)24-10-8-20(16-30-24)26(27,28)29/h2-10,15-16,21H,11-14,17H2,1H3,(H,31,33). The maximum atomic E-state index is 12.8. The van der Waals surface area contributed by atoms with Gasteiger partial charge in [0.25, 0.3) is 5.91 Å². The third-order valence-corrected chi connectivity index (χ3v) is 5.89. The number of piperidine rings is 1. The Balaban J connectivity index is 1.31. The van der Waals surface area contributed by atoms with Crippen LogP contribution in [0.3, 0.4) is 0 Å². The van der Waals surface area contributed by atoms with Crippen molar-refractivity contribution in [3.63, 3.8) is 0 Å². The first-order valence-corrected chi connectivity index (χ1v) is 11.3. The van der Waals surface area contributed by atoms with Crippen LogP contribution in [0.15, 0.2) is 66.9 Å². The summed E-state index contributed by atoms with van der Waals surface area (Å²) in [7, 11) is 1.53. The summed E-state index contributed by atoms with van der Waals surface area (Å²) in [5.74, 6) is 1.30. The van der Waals surface area contributed by atoms with Crippen LogP contribution in [0.2, 0.25) is 0 Å². The Morgan fingerprint density at radius 3 is 2.43 bits per heavy atom. The molecule has 0 aliphatic carbocycles. The summed E-state index contributed by atoms with van der Waals surface area (Å²) in [4.78, 5) is 18.7. The number of ether oxygens (including phenoxy) is 2. The summed E-state index contributed by atoms with van der Waals surface area (Å²) in [6, 6.07) is 17.2. The van der Waals surface area contributed by atoms with Crippen molar-refractivity contribution in [1.29, 1.82) is 0 Å². The van der Waals surface area contributed by atoms with E-state index in [0.717, 1.165) is 17.8 Å². The van der Waals surface area contributed by atoms with E-state index in [0.29, 0.717) is 55.4 Å². The minimum Gasteiger partial charge on any atom is -0.493 e. The molecule has 184 valence electrons. The zero-order valence-electron chi connectivity index (χ0n) is 19.2. The van der Waals surface area contributed by atoms with Crippen molar-refractivity contribution in [3.8, 4) is 11.5 Å². The highest BCUT2D eigenvalue weighted by Crippen LogP contribution is 2.31. The molecule has 4 rings (SSSR count). The second-order valence-electron chi connectivity index (χ2n) is 8.28. The number of nitrogens with zero attached hydrogens (tertiary/aromatic N) is 2. The van der Waals surface area contributed by atoms with Crippen LogP contribution < -0.4 is 19.7 Å². The lowest BCUT2D eigenvalue weighted by molar-refractivity contribution is -0.137. The second-order valence-corrected chi connectivity index (χ2v) is 8.28. The van der Waals surface area contributed by atoms with E-state index in [1.165, 1.54) is 13.2 Å². The molecular formula is C26H26F3N3O3. The average molecular weight is 486 g/mol. The molecule has 1 saturated heterocycles. The summed E-state index contributed by atoms with van der Waals surface area (Å²) < 4.78 is 49.5. The minimum absolute atomic E-state index is 0.0480. The van der Waals surface area contributed by atoms with Crippen LogP contribution in [0.4, 0.5) is 19.0 Å². The lowest BCUT2D eigenvalue weighted by atomic mass is 10.0. The number of halogens is 3. The van der Waals surface area contributed by atoms with Crippen LogP contribution in [0.5, 0.6) is 11.5 Å². The van der Waals surface area contributed by atoms with Gasteiger partial charge in [-0.2, -0.15) is 13.2 Å². The highest BCUT2D eigenvalue weighted by molar-refractivity contribution is 5.95. The third-order valence-electron chi connectivity index (χ3n) is 5.89. The quantitative estimate of drug-likeness (QED) is 0.505. The van der Waals surface area contributed by atoms with E-state index < -0.39 is 11.7 Å². The zero-order chi connectivity index (χ0) is 24.8. The van der Waals surface area contributed by atoms with Gasteiger partial charge in [-0.3, -0.25) is 4.79 Å². The fourth-order valence-corrected chi connectivity index (χ4v) is 3.93. The number of anilines is 1. The molecule has 1 N–H and O–H groups in total. The molecule has 6 nitrogen and oxygen atoms in total. The number of aromatic nitrogens is 1. The van der Waals surface area contributed by atoms with Crippen LogP contribution >= 0.6 is 0 Å². The lowest BCUT2D eigenvalue weighted by Crippen LogP contribution is -2.45. The normalized spacial score (nSPS) is 14.5. The number of amides is 1. The number of carbonyl (C=O) groups is 1. The van der Waals surface area contributed by atoms with E-state index in [9.17, 15) is 18.0 Å². The van der Waals surface area contributed by atoms with Crippen molar-refractivity contribution in [2.75, 3.05) is 25.1 Å². The first-order valence-electron chi connectivity index (χ1n) is 11.3. The fraction of sp³-hybridized carbons (Fsp3) is 0.308. The molecule has 35 heavy (non-hydrogen) atoms. The Hall–Kier alpha value is -3.75. The number of pyridine rings is 1. The van der Waals surface area contributed by atoms with Gasteiger partial charge in [-0.05, 0) is 48.7 Å². The molecule has 0 unspecified atom stereocenters. The molecule has 0 spiro atoms. The minimum atomic E-state index is -4.41. The van der Waals surface area contributed by atoms with E-state index in [-0.39, 0.29) is 11.9 Å². The van der Waals surface area contributed by atoms with Crippen molar-refractivity contribution in [1.82, 2.24) is 10.3 Å². The first-order chi connectivity index (χ1) is 16.8. The Bertz CT molecular complexity index is 1130. The van der Waals surface area contributed by atoms with Gasteiger partial charge in [0.15, 0.2) is 11.5 Å². The van der Waals surface area contributed by atoms with Gasteiger partial charge in [-0.15, -0.1) is 0 Å². The smallest absolute Gasteiger partial charge is 0.417 e. The highest BCUT2D eigenvalue weighted by Gasteiger charge is 2.31. The highest BCUT2D eigenvalue weighted by atomic mass is 19.4. The molecule has 3 aromatic rings. The van der Waals surface area contributed by atoms with Gasteiger partial charge in [0.2, 0.25) is 0 Å². The van der Waals surface area contributed by atoms with Gasteiger partial charge in [0.1, 0.15) is 12.4 Å². The second kappa shape index (κ2) is 10.7. The summed E-state index contributed by atoms with van der Waals surface area (Å²) in [5, 5.41) is 3.03. The number of methoxy groups -OCH3 is 1. The molecule has 1 aromatic heterocycles. The molecule has 0 atom stereocenters. The van der Waals surface area contributed by atoms with Crippen LogP contribution in [-0.4, -0.2) is 37.1 Å². The van der Waals surface area contributed by atoms with Crippen LogP contribution in [0, 0.1) is 0 Å². The van der Waals surface area contributed by atoms with Crippen molar-refractivity contribution in [3.05, 3.63) is 83.6 Å². The maximum Gasteiger partial charge on any atom is 0.417 e. The molecule has 1 fully saturated rings. The first kappa shape index (κ1) is 24.4. The monoisotopic (exact) mass is 485 g/mol. The van der Waals surface area contributed by atoms with Crippen LogP contribution in [-0.2, 0) is 12.8 Å². The van der Waals surface area contributed by atoms with E-state index >= 15 is 0 Å². The lowest BCUT2D eigenvalue weighted by Gasteiger charge is -2.33. The zero-order valence-corrected chi connectivity index (χ0v) is 19.2. The van der Waals surface area contributed by atoms with Gasteiger partial charge in [0.05, 0.1) is 12.7 Å². The number of benzene rings is 2. The molecule has 9 heteroatoms. The van der Waals surface area contributed by atoms with Gasteiger partial charge in [-0.1, -0.05) is 30.3 Å². The number of hydrogen-bond acceptors (Lipinski definition) is 5. The predicted molar refractivity (Wildman–Crippen MR) is 126 cm³/mol. The topological polar surface area (TPSA) is 63.7 Å². The maximum absolute atomic E-state index is 12.8. The predicted octanol–water partition coefficient (Wildman–Crippen LogP) is 5.09. The average Bonchev–Trinajstić information content (AvgIpc) is 2.88. The van der Waals surface area contributed by atoms with Gasteiger partial charge >= 0.3 is 6.18 Å². The number of nitrogens with one attached hydrogen (secondary N) is 1. The molecule has 2 heterocycles.